The molecule has 0 bridgehead atoms. The zero-order chi connectivity index (χ0) is 10.6. The number of ether oxygens (including phenoxy) is 1. The summed E-state index contributed by atoms with van der Waals surface area (Å²) in [5.74, 6) is -0.410. The monoisotopic (exact) mass is 193 g/mol. The molecule has 1 unspecified atom stereocenters. The van der Waals surface area contributed by atoms with Gasteiger partial charge in [-0.2, -0.15) is 0 Å². The SMILES string of the molecule is CCOC(C)c1ccccc1C(N)=O. The van der Waals surface area contributed by atoms with E-state index in [0.29, 0.717) is 12.2 Å². The number of hydrogen-bond donors (Lipinski definition) is 1. The van der Waals surface area contributed by atoms with Gasteiger partial charge in [-0.3, -0.25) is 4.79 Å². The minimum atomic E-state index is -0.410. The molecule has 0 spiro atoms. The summed E-state index contributed by atoms with van der Waals surface area (Å²) in [4.78, 5) is 11.1. The van der Waals surface area contributed by atoms with Crippen LogP contribution in [0.3, 0.4) is 0 Å². The highest BCUT2D eigenvalue weighted by molar-refractivity contribution is 5.94. The van der Waals surface area contributed by atoms with Crippen molar-refractivity contribution in [3.05, 3.63) is 35.4 Å². The highest BCUT2D eigenvalue weighted by Crippen LogP contribution is 2.20. The molecule has 0 fully saturated rings. The molecule has 1 atom stereocenters. The van der Waals surface area contributed by atoms with Gasteiger partial charge in [0.2, 0.25) is 5.91 Å². The Balaban J connectivity index is 3.00. The minimum absolute atomic E-state index is 0.0938. The number of nitrogens with two attached hydrogens (primary N) is 1. The van der Waals surface area contributed by atoms with Gasteiger partial charge in [0.15, 0.2) is 0 Å². The Morgan fingerprint density at radius 2 is 2.14 bits per heavy atom. The molecule has 0 aliphatic rings. The number of amides is 1. The van der Waals surface area contributed by atoms with Gasteiger partial charge in [0, 0.05) is 12.2 Å². The molecule has 1 rings (SSSR count). The summed E-state index contributed by atoms with van der Waals surface area (Å²) >= 11 is 0. The largest absolute Gasteiger partial charge is 0.374 e. The van der Waals surface area contributed by atoms with E-state index in [1.165, 1.54) is 0 Å². The highest BCUT2D eigenvalue weighted by atomic mass is 16.5. The van der Waals surface area contributed by atoms with E-state index in [4.69, 9.17) is 10.5 Å². The van der Waals surface area contributed by atoms with E-state index in [1.54, 1.807) is 12.1 Å². The predicted molar refractivity (Wildman–Crippen MR) is 55.0 cm³/mol. The summed E-state index contributed by atoms with van der Waals surface area (Å²) in [6.45, 7) is 4.45. The number of hydrogen-bond acceptors (Lipinski definition) is 2. The molecule has 1 amide bonds. The molecule has 2 N–H and O–H groups in total. The van der Waals surface area contributed by atoms with E-state index in [-0.39, 0.29) is 6.10 Å². The van der Waals surface area contributed by atoms with E-state index >= 15 is 0 Å². The van der Waals surface area contributed by atoms with Crippen molar-refractivity contribution in [2.45, 2.75) is 20.0 Å². The fourth-order valence-corrected chi connectivity index (χ4v) is 1.42. The zero-order valence-corrected chi connectivity index (χ0v) is 8.49. The number of rotatable bonds is 4. The topological polar surface area (TPSA) is 52.3 Å². The van der Waals surface area contributed by atoms with Crippen LogP contribution in [-0.4, -0.2) is 12.5 Å². The maximum absolute atomic E-state index is 11.1. The third kappa shape index (κ3) is 2.33. The second kappa shape index (κ2) is 4.77. The lowest BCUT2D eigenvalue weighted by atomic mass is 10.0. The molecular formula is C11H15NO2. The minimum Gasteiger partial charge on any atom is -0.374 e. The molecule has 0 aliphatic heterocycles. The molecule has 14 heavy (non-hydrogen) atoms. The Morgan fingerprint density at radius 1 is 1.50 bits per heavy atom. The van der Waals surface area contributed by atoms with Crippen LogP contribution < -0.4 is 5.73 Å². The smallest absolute Gasteiger partial charge is 0.249 e. The van der Waals surface area contributed by atoms with Crippen molar-refractivity contribution in [1.82, 2.24) is 0 Å². The van der Waals surface area contributed by atoms with Crippen LogP contribution in [0, 0.1) is 0 Å². The Kier molecular flexibility index (Phi) is 3.65. The lowest BCUT2D eigenvalue weighted by Gasteiger charge is -2.14. The van der Waals surface area contributed by atoms with Crippen LogP contribution >= 0.6 is 0 Å². The molecule has 0 saturated carbocycles. The molecule has 0 aliphatic carbocycles. The van der Waals surface area contributed by atoms with Crippen molar-refractivity contribution in [3.63, 3.8) is 0 Å². The van der Waals surface area contributed by atoms with Gasteiger partial charge in [-0.15, -0.1) is 0 Å². The molecule has 76 valence electrons. The van der Waals surface area contributed by atoms with Crippen LogP contribution in [0.15, 0.2) is 24.3 Å². The van der Waals surface area contributed by atoms with Crippen molar-refractivity contribution < 1.29 is 9.53 Å². The molecule has 0 heterocycles. The number of primary amides is 1. The molecule has 0 saturated heterocycles. The van der Waals surface area contributed by atoms with Gasteiger partial charge in [0.25, 0.3) is 0 Å². The summed E-state index contributed by atoms with van der Waals surface area (Å²) in [6.07, 6.45) is -0.0938. The fourth-order valence-electron chi connectivity index (χ4n) is 1.42. The second-order valence-corrected chi connectivity index (χ2v) is 3.05. The van der Waals surface area contributed by atoms with Crippen LogP contribution in [0.1, 0.15) is 35.9 Å². The molecule has 3 heteroatoms. The van der Waals surface area contributed by atoms with Gasteiger partial charge in [-0.05, 0) is 25.5 Å². The predicted octanol–water partition coefficient (Wildman–Crippen LogP) is 1.88. The van der Waals surface area contributed by atoms with Gasteiger partial charge in [-0.1, -0.05) is 18.2 Å². The van der Waals surface area contributed by atoms with Crippen LogP contribution in [-0.2, 0) is 4.74 Å². The normalized spacial score (nSPS) is 12.4. The van der Waals surface area contributed by atoms with E-state index in [9.17, 15) is 4.79 Å². The lowest BCUT2D eigenvalue weighted by molar-refractivity contribution is 0.0746. The first kappa shape index (κ1) is 10.7. The van der Waals surface area contributed by atoms with Gasteiger partial charge < -0.3 is 10.5 Å². The quantitative estimate of drug-likeness (QED) is 0.793. The number of carbonyl (C=O) groups excluding carboxylic acids is 1. The van der Waals surface area contributed by atoms with E-state index in [1.807, 2.05) is 26.0 Å². The van der Waals surface area contributed by atoms with Gasteiger partial charge >= 0.3 is 0 Å². The Labute approximate surface area is 83.9 Å². The number of carbonyl (C=O) groups is 1. The first-order valence-corrected chi connectivity index (χ1v) is 4.67. The summed E-state index contributed by atoms with van der Waals surface area (Å²) < 4.78 is 5.41. The van der Waals surface area contributed by atoms with Crippen molar-refractivity contribution in [3.8, 4) is 0 Å². The number of benzene rings is 1. The van der Waals surface area contributed by atoms with Gasteiger partial charge in [0.05, 0.1) is 6.10 Å². The van der Waals surface area contributed by atoms with Gasteiger partial charge in [0.1, 0.15) is 0 Å². The van der Waals surface area contributed by atoms with Gasteiger partial charge in [-0.25, -0.2) is 0 Å². The maximum Gasteiger partial charge on any atom is 0.249 e. The third-order valence-corrected chi connectivity index (χ3v) is 2.08. The Bertz CT molecular complexity index is 323. The lowest BCUT2D eigenvalue weighted by Crippen LogP contribution is -2.15. The van der Waals surface area contributed by atoms with Crippen LogP contribution in [0.2, 0.25) is 0 Å². The Hall–Kier alpha value is -1.35. The maximum atomic E-state index is 11.1. The average molecular weight is 193 g/mol. The molecule has 0 aromatic heterocycles. The van der Waals surface area contributed by atoms with Crippen molar-refractivity contribution >= 4 is 5.91 Å². The van der Waals surface area contributed by atoms with E-state index in [0.717, 1.165) is 5.56 Å². The summed E-state index contributed by atoms with van der Waals surface area (Å²) in [7, 11) is 0. The molecule has 1 aromatic carbocycles. The van der Waals surface area contributed by atoms with Crippen molar-refractivity contribution in [2.24, 2.45) is 5.73 Å². The molecule has 3 nitrogen and oxygen atoms in total. The average Bonchev–Trinajstić information content (AvgIpc) is 2.18. The zero-order valence-electron chi connectivity index (χ0n) is 8.49. The van der Waals surface area contributed by atoms with E-state index in [2.05, 4.69) is 0 Å². The summed E-state index contributed by atoms with van der Waals surface area (Å²) in [5.41, 5.74) is 6.64. The first-order valence-electron chi connectivity index (χ1n) is 4.67. The van der Waals surface area contributed by atoms with Crippen molar-refractivity contribution in [1.29, 1.82) is 0 Å². The Morgan fingerprint density at radius 3 is 2.71 bits per heavy atom. The first-order chi connectivity index (χ1) is 6.66. The molecular weight excluding hydrogens is 178 g/mol. The van der Waals surface area contributed by atoms with E-state index < -0.39 is 5.91 Å². The van der Waals surface area contributed by atoms with Crippen LogP contribution in [0.4, 0.5) is 0 Å². The third-order valence-electron chi connectivity index (χ3n) is 2.08. The summed E-state index contributed by atoms with van der Waals surface area (Å²) in [5, 5.41) is 0. The van der Waals surface area contributed by atoms with Crippen LogP contribution in [0.25, 0.3) is 0 Å². The van der Waals surface area contributed by atoms with Crippen molar-refractivity contribution in [2.75, 3.05) is 6.61 Å². The molecule has 1 aromatic rings. The summed E-state index contributed by atoms with van der Waals surface area (Å²) in [6, 6.07) is 7.24. The van der Waals surface area contributed by atoms with Crippen LogP contribution in [0.5, 0.6) is 0 Å². The highest BCUT2D eigenvalue weighted by Gasteiger charge is 2.12. The molecule has 0 radical (unpaired) electrons. The standard InChI is InChI=1S/C11H15NO2/c1-3-14-8(2)9-6-4-5-7-10(9)11(12)13/h4-8H,3H2,1-2H3,(H2,12,13). The second-order valence-electron chi connectivity index (χ2n) is 3.05. The fraction of sp³-hybridized carbons (Fsp3) is 0.364.